The highest BCUT2D eigenvalue weighted by atomic mass is 16.6. The molecule has 0 saturated carbocycles. The SMILES string of the molecule is C=C[C@@H]1C[C@H](C(=O)OC(C)(C)C)N(C(=O)OC(C)(C)C)[C@H]1[C@H](CCC)NC(C)=O. The first-order valence-corrected chi connectivity index (χ1v) is 10.3. The highest BCUT2D eigenvalue weighted by Gasteiger charge is 2.51. The average molecular weight is 411 g/mol. The summed E-state index contributed by atoms with van der Waals surface area (Å²) in [5.41, 5.74) is -1.40. The zero-order chi connectivity index (χ0) is 22.6. The maximum atomic E-state index is 13.2. The number of rotatable bonds is 6. The molecule has 2 amide bonds. The Balaban J connectivity index is 3.38. The number of amides is 2. The molecule has 0 bridgehead atoms. The van der Waals surface area contributed by atoms with Gasteiger partial charge in [-0.1, -0.05) is 19.4 Å². The number of esters is 1. The van der Waals surface area contributed by atoms with Crippen LogP contribution in [0, 0.1) is 5.92 Å². The van der Waals surface area contributed by atoms with Crippen LogP contribution in [-0.4, -0.2) is 52.2 Å². The van der Waals surface area contributed by atoms with E-state index in [0.29, 0.717) is 12.8 Å². The van der Waals surface area contributed by atoms with Crippen LogP contribution in [0.25, 0.3) is 0 Å². The molecule has 0 aromatic carbocycles. The van der Waals surface area contributed by atoms with E-state index in [9.17, 15) is 14.4 Å². The highest BCUT2D eigenvalue weighted by Crippen LogP contribution is 2.36. The second-order valence-electron chi connectivity index (χ2n) is 9.66. The minimum Gasteiger partial charge on any atom is -0.458 e. The number of hydrogen-bond acceptors (Lipinski definition) is 5. The Morgan fingerprint density at radius 3 is 2.10 bits per heavy atom. The van der Waals surface area contributed by atoms with Crippen molar-refractivity contribution in [3.63, 3.8) is 0 Å². The smallest absolute Gasteiger partial charge is 0.411 e. The average Bonchev–Trinajstić information content (AvgIpc) is 2.90. The summed E-state index contributed by atoms with van der Waals surface area (Å²) < 4.78 is 11.2. The van der Waals surface area contributed by atoms with E-state index in [-0.39, 0.29) is 17.9 Å². The molecule has 1 heterocycles. The van der Waals surface area contributed by atoms with Crippen LogP contribution in [0.4, 0.5) is 4.79 Å². The normalized spacial score (nSPS) is 23.3. The lowest BCUT2D eigenvalue weighted by Crippen LogP contribution is -2.56. The number of likely N-dealkylation sites (tertiary alicyclic amines) is 1. The molecule has 1 fully saturated rings. The molecule has 0 spiro atoms. The molecule has 4 atom stereocenters. The summed E-state index contributed by atoms with van der Waals surface area (Å²) in [4.78, 5) is 39.4. The fourth-order valence-electron chi connectivity index (χ4n) is 3.70. The third-order valence-corrected chi connectivity index (χ3v) is 4.58. The summed E-state index contributed by atoms with van der Waals surface area (Å²) in [6.07, 6.45) is 3.01. The van der Waals surface area contributed by atoms with Crippen molar-refractivity contribution in [3.05, 3.63) is 12.7 Å². The standard InChI is InChI=1S/C22H38N2O5/c1-10-12-16(23-14(3)25)18-15(11-2)13-17(19(26)28-21(4,5)6)24(18)20(27)29-22(7,8)9/h11,15-18H,2,10,12-13H2,1,3-9H3,(H,23,25)/t15-,16+,17-,18-/m1/s1. The Morgan fingerprint density at radius 2 is 1.69 bits per heavy atom. The monoisotopic (exact) mass is 410 g/mol. The Bertz CT molecular complexity index is 618. The summed E-state index contributed by atoms with van der Waals surface area (Å²) in [5.74, 6) is -0.838. The molecule has 29 heavy (non-hydrogen) atoms. The molecular formula is C22H38N2O5. The van der Waals surface area contributed by atoms with Crippen molar-refractivity contribution in [3.8, 4) is 0 Å². The maximum Gasteiger partial charge on any atom is 0.411 e. The Morgan fingerprint density at radius 1 is 1.14 bits per heavy atom. The van der Waals surface area contributed by atoms with Crippen LogP contribution in [-0.2, 0) is 19.1 Å². The molecule has 7 nitrogen and oxygen atoms in total. The van der Waals surface area contributed by atoms with Gasteiger partial charge in [-0.05, 0) is 54.4 Å². The van der Waals surface area contributed by atoms with Crippen LogP contribution in [0.5, 0.6) is 0 Å². The van der Waals surface area contributed by atoms with Crippen LogP contribution in [0.2, 0.25) is 0 Å². The van der Waals surface area contributed by atoms with Gasteiger partial charge in [0, 0.05) is 18.9 Å². The van der Waals surface area contributed by atoms with Gasteiger partial charge in [0.1, 0.15) is 17.2 Å². The van der Waals surface area contributed by atoms with Gasteiger partial charge in [0.2, 0.25) is 5.91 Å². The fourth-order valence-corrected chi connectivity index (χ4v) is 3.70. The van der Waals surface area contributed by atoms with Crippen molar-refractivity contribution < 1.29 is 23.9 Å². The number of nitrogens with zero attached hydrogens (tertiary/aromatic N) is 1. The summed E-state index contributed by atoms with van der Waals surface area (Å²) in [7, 11) is 0. The molecule has 0 aromatic rings. The second-order valence-corrected chi connectivity index (χ2v) is 9.66. The third-order valence-electron chi connectivity index (χ3n) is 4.58. The predicted molar refractivity (Wildman–Crippen MR) is 112 cm³/mol. The van der Waals surface area contributed by atoms with E-state index >= 15 is 0 Å². The summed E-state index contributed by atoms with van der Waals surface area (Å²) in [5, 5.41) is 2.95. The Hall–Kier alpha value is -2.05. The Labute approximate surface area is 175 Å². The first-order chi connectivity index (χ1) is 13.2. The molecule has 1 saturated heterocycles. The number of carbonyl (C=O) groups is 3. The molecule has 0 aliphatic carbocycles. The van der Waals surface area contributed by atoms with Gasteiger partial charge < -0.3 is 14.8 Å². The molecule has 166 valence electrons. The topological polar surface area (TPSA) is 84.9 Å². The molecule has 1 aliphatic heterocycles. The van der Waals surface area contributed by atoms with Crippen molar-refractivity contribution in [1.82, 2.24) is 10.2 Å². The molecule has 1 aliphatic rings. The number of carbonyl (C=O) groups excluding carboxylic acids is 3. The number of nitrogens with one attached hydrogen (secondary N) is 1. The molecule has 7 heteroatoms. The van der Waals surface area contributed by atoms with Crippen molar-refractivity contribution in [2.75, 3.05) is 0 Å². The van der Waals surface area contributed by atoms with E-state index in [1.165, 1.54) is 11.8 Å². The number of hydrogen-bond donors (Lipinski definition) is 1. The summed E-state index contributed by atoms with van der Waals surface area (Å²) in [6.45, 7) is 18.1. The van der Waals surface area contributed by atoms with Crippen molar-refractivity contribution in [1.29, 1.82) is 0 Å². The summed E-state index contributed by atoms with van der Waals surface area (Å²) >= 11 is 0. The van der Waals surface area contributed by atoms with Gasteiger partial charge in [0.15, 0.2) is 0 Å². The minimum absolute atomic E-state index is 0.177. The van der Waals surface area contributed by atoms with Crippen LogP contribution < -0.4 is 5.32 Å². The van der Waals surface area contributed by atoms with E-state index in [1.807, 2.05) is 6.92 Å². The van der Waals surface area contributed by atoms with Crippen LogP contribution in [0.3, 0.4) is 0 Å². The van der Waals surface area contributed by atoms with Gasteiger partial charge in [-0.25, -0.2) is 9.59 Å². The van der Waals surface area contributed by atoms with Gasteiger partial charge in [-0.2, -0.15) is 0 Å². The zero-order valence-corrected chi connectivity index (χ0v) is 19.2. The largest absolute Gasteiger partial charge is 0.458 e. The molecule has 1 rings (SSSR count). The van der Waals surface area contributed by atoms with Gasteiger partial charge in [-0.15, -0.1) is 6.58 Å². The molecule has 0 unspecified atom stereocenters. The third kappa shape index (κ3) is 7.37. The minimum atomic E-state index is -0.801. The first-order valence-electron chi connectivity index (χ1n) is 10.3. The number of ether oxygens (including phenoxy) is 2. The highest BCUT2D eigenvalue weighted by molar-refractivity contribution is 5.83. The van der Waals surface area contributed by atoms with Crippen LogP contribution in [0.1, 0.15) is 74.7 Å². The summed E-state index contributed by atoms with van der Waals surface area (Å²) in [6, 6.07) is -1.56. The van der Waals surface area contributed by atoms with Gasteiger partial charge in [-0.3, -0.25) is 9.69 Å². The van der Waals surface area contributed by atoms with E-state index in [2.05, 4.69) is 11.9 Å². The van der Waals surface area contributed by atoms with Crippen molar-refractivity contribution in [2.45, 2.75) is 104 Å². The van der Waals surface area contributed by atoms with E-state index < -0.39 is 35.3 Å². The predicted octanol–water partition coefficient (Wildman–Crippen LogP) is 3.81. The van der Waals surface area contributed by atoms with Crippen LogP contribution >= 0.6 is 0 Å². The van der Waals surface area contributed by atoms with Gasteiger partial charge in [0.25, 0.3) is 0 Å². The van der Waals surface area contributed by atoms with Crippen LogP contribution in [0.15, 0.2) is 12.7 Å². The maximum absolute atomic E-state index is 13.2. The Kier molecular flexibility index (Phi) is 8.30. The molecule has 0 radical (unpaired) electrons. The van der Waals surface area contributed by atoms with E-state index in [1.54, 1.807) is 47.6 Å². The van der Waals surface area contributed by atoms with Gasteiger partial charge in [0.05, 0.1) is 6.04 Å². The second kappa shape index (κ2) is 9.63. The zero-order valence-electron chi connectivity index (χ0n) is 19.2. The lowest BCUT2D eigenvalue weighted by atomic mass is 9.91. The lowest BCUT2D eigenvalue weighted by Gasteiger charge is -2.37. The lowest BCUT2D eigenvalue weighted by molar-refractivity contribution is -0.160. The van der Waals surface area contributed by atoms with Gasteiger partial charge >= 0.3 is 12.1 Å². The van der Waals surface area contributed by atoms with Crippen molar-refractivity contribution in [2.24, 2.45) is 5.92 Å². The quantitative estimate of drug-likeness (QED) is 0.532. The molecule has 0 aromatic heterocycles. The van der Waals surface area contributed by atoms with E-state index in [0.717, 1.165) is 6.42 Å². The van der Waals surface area contributed by atoms with Crippen molar-refractivity contribution >= 4 is 18.0 Å². The van der Waals surface area contributed by atoms with E-state index in [4.69, 9.17) is 9.47 Å². The molecular weight excluding hydrogens is 372 g/mol. The fraction of sp³-hybridized carbons (Fsp3) is 0.773. The first kappa shape index (κ1) is 25.0. The molecule has 1 N–H and O–H groups in total.